The van der Waals surface area contributed by atoms with Crippen LogP contribution in [0, 0.1) is 6.61 Å². The Labute approximate surface area is 96.5 Å². The zero-order valence-electron chi connectivity index (χ0n) is 10.1. The minimum Gasteiger partial charge on any atom is -0.434 e. The second-order valence-electron chi connectivity index (χ2n) is 3.55. The summed E-state index contributed by atoms with van der Waals surface area (Å²) >= 11 is 0. The summed E-state index contributed by atoms with van der Waals surface area (Å²) < 4.78 is 9.24. The molecule has 0 rings (SSSR count). The maximum atomic E-state index is 10.8. The number of hydrogen-bond acceptors (Lipinski definition) is 4. The number of unbranched alkanes of at least 4 members (excludes halogenated alkanes) is 1. The smallest absolute Gasteiger partial charge is 0.434 e. The van der Waals surface area contributed by atoms with Crippen LogP contribution in [0.2, 0.25) is 0 Å². The molecule has 0 spiro atoms. The molecule has 93 valence electrons. The highest BCUT2D eigenvalue weighted by atomic mass is 16.7. The second-order valence-corrected chi connectivity index (χ2v) is 3.55. The first kappa shape index (κ1) is 14.7. The first-order valence-electron chi connectivity index (χ1n) is 5.44. The van der Waals surface area contributed by atoms with Crippen LogP contribution in [0.1, 0.15) is 40.0 Å². The van der Waals surface area contributed by atoms with E-state index in [4.69, 9.17) is 4.74 Å². The van der Waals surface area contributed by atoms with Crippen molar-refractivity contribution >= 4 is 12.1 Å². The fourth-order valence-corrected chi connectivity index (χ4v) is 1.26. The Morgan fingerprint density at radius 3 is 2.62 bits per heavy atom. The minimum absolute atomic E-state index is 0.0224. The Kier molecular flexibility index (Phi) is 8.29. The molecule has 0 bridgehead atoms. The lowest BCUT2D eigenvalue weighted by molar-refractivity contribution is -0.119. The van der Waals surface area contributed by atoms with Crippen molar-refractivity contribution in [3.05, 3.63) is 6.61 Å². The molecule has 1 amide bonds. The maximum absolute atomic E-state index is 10.8. The molecule has 0 saturated carbocycles. The summed E-state index contributed by atoms with van der Waals surface area (Å²) in [6.45, 7) is 6.68. The molecular weight excluding hydrogens is 210 g/mol. The van der Waals surface area contributed by atoms with Crippen molar-refractivity contribution in [2.24, 2.45) is 0 Å². The molecule has 0 saturated heterocycles. The largest absolute Gasteiger partial charge is 0.508 e. The molecule has 0 aliphatic rings. The molecule has 1 unspecified atom stereocenters. The molecule has 0 aliphatic carbocycles. The quantitative estimate of drug-likeness (QED) is 0.536. The fourth-order valence-electron chi connectivity index (χ4n) is 1.26. The SMILES string of the molecule is C[CH]OC(=O)OCCCCC(C)NC(C)=O. The van der Waals surface area contributed by atoms with Crippen LogP contribution in [0.4, 0.5) is 4.79 Å². The van der Waals surface area contributed by atoms with E-state index in [0.29, 0.717) is 6.61 Å². The zero-order valence-corrected chi connectivity index (χ0v) is 10.1. The van der Waals surface area contributed by atoms with Gasteiger partial charge in [-0.1, -0.05) is 0 Å². The van der Waals surface area contributed by atoms with Crippen LogP contribution in [0.3, 0.4) is 0 Å². The van der Waals surface area contributed by atoms with E-state index in [1.807, 2.05) is 6.92 Å². The predicted molar refractivity (Wildman–Crippen MR) is 59.5 cm³/mol. The Hall–Kier alpha value is -1.26. The van der Waals surface area contributed by atoms with Crippen LogP contribution < -0.4 is 5.32 Å². The van der Waals surface area contributed by atoms with Crippen LogP contribution in [-0.2, 0) is 14.3 Å². The van der Waals surface area contributed by atoms with Gasteiger partial charge >= 0.3 is 6.16 Å². The number of nitrogens with one attached hydrogen (secondary N) is 1. The normalized spacial score (nSPS) is 11.7. The molecule has 0 aliphatic heterocycles. The molecule has 1 atom stereocenters. The second kappa shape index (κ2) is 9.00. The summed E-state index contributed by atoms with van der Waals surface area (Å²) in [5.41, 5.74) is 0. The van der Waals surface area contributed by atoms with E-state index in [-0.39, 0.29) is 11.9 Å². The summed E-state index contributed by atoms with van der Waals surface area (Å²) in [7, 11) is 0. The number of carbonyl (C=O) groups is 2. The number of amides is 1. The topological polar surface area (TPSA) is 64.6 Å². The lowest BCUT2D eigenvalue weighted by Crippen LogP contribution is -2.30. The van der Waals surface area contributed by atoms with Crippen LogP contribution in [0.5, 0.6) is 0 Å². The van der Waals surface area contributed by atoms with Gasteiger partial charge in [-0.05, 0) is 33.1 Å². The number of carbonyl (C=O) groups excluding carboxylic acids is 2. The van der Waals surface area contributed by atoms with Crippen LogP contribution in [0.15, 0.2) is 0 Å². The van der Waals surface area contributed by atoms with Crippen molar-refractivity contribution in [3.63, 3.8) is 0 Å². The molecule has 1 N–H and O–H groups in total. The first-order chi connectivity index (χ1) is 7.56. The number of hydrogen-bond donors (Lipinski definition) is 1. The van der Waals surface area contributed by atoms with Crippen LogP contribution in [-0.4, -0.2) is 24.7 Å². The molecule has 0 heterocycles. The van der Waals surface area contributed by atoms with E-state index >= 15 is 0 Å². The van der Waals surface area contributed by atoms with Crippen molar-refractivity contribution in [1.82, 2.24) is 5.32 Å². The zero-order chi connectivity index (χ0) is 12.4. The Bertz CT molecular complexity index is 218. The highest BCUT2D eigenvalue weighted by molar-refractivity contribution is 5.73. The summed E-state index contributed by atoms with van der Waals surface area (Å²) in [6, 6.07) is 0.161. The standard InChI is InChI=1S/C11H20NO4/c1-4-15-11(14)16-8-6-5-7-9(2)12-10(3)13/h4,9H,5-8H2,1-3H3,(H,12,13). The summed E-state index contributed by atoms with van der Waals surface area (Å²) in [6.07, 6.45) is 1.86. The molecular formula is C11H20NO4. The van der Waals surface area contributed by atoms with Crippen molar-refractivity contribution in [1.29, 1.82) is 0 Å². The van der Waals surface area contributed by atoms with Gasteiger partial charge in [0.15, 0.2) is 0 Å². The number of ether oxygens (including phenoxy) is 2. The van der Waals surface area contributed by atoms with E-state index < -0.39 is 6.16 Å². The first-order valence-corrected chi connectivity index (χ1v) is 5.44. The Morgan fingerprint density at radius 1 is 1.38 bits per heavy atom. The fraction of sp³-hybridized carbons (Fsp3) is 0.727. The monoisotopic (exact) mass is 230 g/mol. The Balaban J connectivity index is 3.32. The van der Waals surface area contributed by atoms with Crippen LogP contribution >= 0.6 is 0 Å². The average molecular weight is 230 g/mol. The molecule has 0 aromatic carbocycles. The molecule has 5 heteroatoms. The van der Waals surface area contributed by atoms with Crippen molar-refractivity contribution in [2.45, 2.75) is 46.1 Å². The molecule has 16 heavy (non-hydrogen) atoms. The van der Waals surface area contributed by atoms with Gasteiger partial charge in [0.2, 0.25) is 5.91 Å². The van der Waals surface area contributed by atoms with Crippen molar-refractivity contribution < 1.29 is 19.1 Å². The molecule has 5 nitrogen and oxygen atoms in total. The summed E-state index contributed by atoms with van der Waals surface area (Å²) in [5.74, 6) is -0.0224. The van der Waals surface area contributed by atoms with Gasteiger partial charge in [-0.15, -0.1) is 0 Å². The van der Waals surface area contributed by atoms with E-state index in [9.17, 15) is 9.59 Å². The van der Waals surface area contributed by atoms with Gasteiger partial charge < -0.3 is 14.8 Å². The van der Waals surface area contributed by atoms with E-state index in [1.165, 1.54) is 13.5 Å². The molecule has 0 aromatic heterocycles. The van der Waals surface area contributed by atoms with Gasteiger partial charge in [0.05, 0.1) is 6.61 Å². The summed E-state index contributed by atoms with van der Waals surface area (Å²) in [4.78, 5) is 21.5. The predicted octanol–water partition coefficient (Wildman–Crippen LogP) is 2.02. The van der Waals surface area contributed by atoms with Crippen molar-refractivity contribution in [2.75, 3.05) is 6.61 Å². The van der Waals surface area contributed by atoms with Gasteiger partial charge in [-0.25, -0.2) is 4.79 Å². The van der Waals surface area contributed by atoms with Gasteiger partial charge in [0.25, 0.3) is 0 Å². The van der Waals surface area contributed by atoms with E-state index in [1.54, 1.807) is 6.92 Å². The molecule has 1 radical (unpaired) electrons. The van der Waals surface area contributed by atoms with Gasteiger partial charge in [0.1, 0.15) is 6.61 Å². The van der Waals surface area contributed by atoms with Gasteiger partial charge in [-0.2, -0.15) is 0 Å². The maximum Gasteiger partial charge on any atom is 0.508 e. The lowest BCUT2D eigenvalue weighted by atomic mass is 10.1. The minimum atomic E-state index is -0.669. The molecule has 0 aromatic rings. The third-order valence-corrected chi connectivity index (χ3v) is 1.92. The van der Waals surface area contributed by atoms with Crippen LogP contribution in [0.25, 0.3) is 0 Å². The van der Waals surface area contributed by atoms with E-state index in [0.717, 1.165) is 19.3 Å². The lowest BCUT2D eigenvalue weighted by Gasteiger charge is -2.11. The highest BCUT2D eigenvalue weighted by Crippen LogP contribution is 2.01. The molecule has 0 fully saturated rings. The van der Waals surface area contributed by atoms with Crippen molar-refractivity contribution in [3.8, 4) is 0 Å². The van der Waals surface area contributed by atoms with Gasteiger partial charge in [-0.3, -0.25) is 4.79 Å². The highest BCUT2D eigenvalue weighted by Gasteiger charge is 2.04. The Morgan fingerprint density at radius 2 is 2.06 bits per heavy atom. The third-order valence-electron chi connectivity index (χ3n) is 1.92. The summed E-state index contributed by atoms with van der Waals surface area (Å²) in [5, 5.41) is 2.79. The third kappa shape index (κ3) is 9.30. The van der Waals surface area contributed by atoms with Gasteiger partial charge in [0, 0.05) is 13.0 Å². The average Bonchev–Trinajstić information content (AvgIpc) is 2.16. The number of rotatable bonds is 7. The van der Waals surface area contributed by atoms with E-state index in [2.05, 4.69) is 10.1 Å².